The molecule has 1 aromatic carbocycles. The molecule has 4 unspecified atom stereocenters. The Labute approximate surface area is 127 Å². The molecular formula is C18H27FN2. The van der Waals surface area contributed by atoms with Crippen LogP contribution < -0.4 is 11.3 Å². The molecule has 0 heterocycles. The summed E-state index contributed by atoms with van der Waals surface area (Å²) in [5.74, 6) is 8.02. The third kappa shape index (κ3) is 3.14. The first-order valence-electron chi connectivity index (χ1n) is 8.41. The van der Waals surface area contributed by atoms with Gasteiger partial charge < -0.3 is 0 Å². The Kier molecular flexibility index (Phi) is 4.60. The highest BCUT2D eigenvalue weighted by molar-refractivity contribution is 5.30. The summed E-state index contributed by atoms with van der Waals surface area (Å²) in [4.78, 5) is 0. The van der Waals surface area contributed by atoms with Crippen LogP contribution in [-0.4, -0.2) is 0 Å². The van der Waals surface area contributed by atoms with E-state index in [2.05, 4.69) is 5.43 Å². The number of nitrogens with two attached hydrogens (primary N) is 1. The van der Waals surface area contributed by atoms with E-state index < -0.39 is 0 Å². The number of hydrogen-bond donors (Lipinski definition) is 2. The Balaban J connectivity index is 1.78. The van der Waals surface area contributed by atoms with Crippen molar-refractivity contribution in [3.05, 3.63) is 35.1 Å². The molecule has 2 aliphatic rings. The quantitative estimate of drug-likeness (QED) is 0.645. The van der Waals surface area contributed by atoms with E-state index in [0.29, 0.717) is 5.92 Å². The lowest BCUT2D eigenvalue weighted by atomic mass is 9.65. The van der Waals surface area contributed by atoms with Crippen LogP contribution in [0, 0.1) is 30.5 Å². The van der Waals surface area contributed by atoms with Crippen molar-refractivity contribution < 1.29 is 4.39 Å². The molecule has 116 valence electrons. The average Bonchev–Trinajstić information content (AvgIpc) is 2.51. The molecule has 2 saturated carbocycles. The molecule has 0 amide bonds. The van der Waals surface area contributed by atoms with Crippen molar-refractivity contribution in [1.82, 2.24) is 5.43 Å². The molecule has 0 aliphatic heterocycles. The van der Waals surface area contributed by atoms with Gasteiger partial charge in [0.2, 0.25) is 0 Å². The van der Waals surface area contributed by atoms with Gasteiger partial charge in [0.05, 0.1) is 0 Å². The Morgan fingerprint density at radius 2 is 1.90 bits per heavy atom. The van der Waals surface area contributed by atoms with Crippen LogP contribution in [0.4, 0.5) is 4.39 Å². The predicted molar refractivity (Wildman–Crippen MR) is 84.0 cm³/mol. The summed E-state index contributed by atoms with van der Waals surface area (Å²) in [5, 5.41) is 0. The third-order valence-electron chi connectivity index (χ3n) is 5.81. The van der Waals surface area contributed by atoms with Gasteiger partial charge in [-0.1, -0.05) is 31.7 Å². The van der Waals surface area contributed by atoms with Crippen molar-refractivity contribution in [2.45, 2.75) is 57.9 Å². The molecule has 2 nitrogen and oxygen atoms in total. The van der Waals surface area contributed by atoms with E-state index in [1.807, 2.05) is 13.0 Å². The normalized spacial score (nSPS) is 30.7. The summed E-state index contributed by atoms with van der Waals surface area (Å²) in [6.07, 6.45) is 9.36. The van der Waals surface area contributed by atoms with E-state index in [0.717, 1.165) is 23.0 Å². The molecule has 4 atom stereocenters. The van der Waals surface area contributed by atoms with Crippen molar-refractivity contribution in [3.8, 4) is 0 Å². The van der Waals surface area contributed by atoms with Gasteiger partial charge in [-0.15, -0.1) is 0 Å². The molecule has 21 heavy (non-hydrogen) atoms. The van der Waals surface area contributed by atoms with Crippen LogP contribution in [0.1, 0.15) is 62.1 Å². The van der Waals surface area contributed by atoms with Crippen LogP contribution in [-0.2, 0) is 0 Å². The van der Waals surface area contributed by atoms with Gasteiger partial charge in [0.1, 0.15) is 5.82 Å². The molecule has 2 aliphatic carbocycles. The monoisotopic (exact) mass is 290 g/mol. The van der Waals surface area contributed by atoms with Crippen LogP contribution in [0.2, 0.25) is 0 Å². The molecule has 3 N–H and O–H groups in total. The summed E-state index contributed by atoms with van der Waals surface area (Å²) in [7, 11) is 0. The minimum absolute atomic E-state index is 0.0866. The lowest BCUT2D eigenvalue weighted by Gasteiger charge is -2.42. The summed E-state index contributed by atoms with van der Waals surface area (Å²) in [6.45, 7) is 2.05. The van der Waals surface area contributed by atoms with Gasteiger partial charge in [0.15, 0.2) is 0 Å². The smallest absolute Gasteiger partial charge is 0.123 e. The summed E-state index contributed by atoms with van der Waals surface area (Å²) in [6, 6.07) is 5.14. The number of fused-ring (bicyclic) bond motifs is 1. The molecule has 2 fully saturated rings. The standard InChI is InChI=1S/C18H27FN2/c1-12-6-9-16(19)11-17(12)18(21-20)15-8-7-13-4-2-3-5-14(13)10-15/h6,9,11,13-15,18,21H,2-5,7-8,10,20H2,1H3. The van der Waals surface area contributed by atoms with Crippen LogP contribution in [0.25, 0.3) is 0 Å². The fraction of sp³-hybridized carbons (Fsp3) is 0.667. The predicted octanol–water partition coefficient (Wildman–Crippen LogP) is 4.25. The summed E-state index contributed by atoms with van der Waals surface area (Å²) >= 11 is 0. The SMILES string of the molecule is Cc1ccc(F)cc1C(NN)C1CCC2CCCCC2C1. The molecule has 3 rings (SSSR count). The number of aryl methyl sites for hydroxylation is 1. The fourth-order valence-corrected chi connectivity index (χ4v) is 4.64. The number of benzene rings is 1. The zero-order valence-electron chi connectivity index (χ0n) is 12.9. The third-order valence-corrected chi connectivity index (χ3v) is 5.81. The van der Waals surface area contributed by atoms with E-state index in [1.165, 1.54) is 51.0 Å². The van der Waals surface area contributed by atoms with Crippen molar-refractivity contribution in [3.63, 3.8) is 0 Å². The largest absolute Gasteiger partial charge is 0.271 e. The number of hydrogen-bond acceptors (Lipinski definition) is 2. The molecule has 0 radical (unpaired) electrons. The Hall–Kier alpha value is -0.930. The van der Waals surface area contributed by atoms with E-state index in [4.69, 9.17) is 5.84 Å². The van der Waals surface area contributed by atoms with E-state index in [-0.39, 0.29) is 11.9 Å². The molecule has 0 saturated heterocycles. The number of nitrogens with one attached hydrogen (secondary N) is 1. The maximum atomic E-state index is 13.6. The van der Waals surface area contributed by atoms with Crippen molar-refractivity contribution >= 4 is 0 Å². The Morgan fingerprint density at radius 1 is 1.14 bits per heavy atom. The number of halogens is 1. The second-order valence-electron chi connectivity index (χ2n) is 7.02. The van der Waals surface area contributed by atoms with Gasteiger partial charge in [0, 0.05) is 6.04 Å². The zero-order valence-corrected chi connectivity index (χ0v) is 12.9. The minimum atomic E-state index is -0.165. The summed E-state index contributed by atoms with van der Waals surface area (Å²) in [5.41, 5.74) is 5.15. The van der Waals surface area contributed by atoms with Crippen molar-refractivity contribution in [2.24, 2.45) is 23.6 Å². The van der Waals surface area contributed by atoms with Crippen LogP contribution >= 0.6 is 0 Å². The zero-order chi connectivity index (χ0) is 14.8. The van der Waals surface area contributed by atoms with Gasteiger partial charge in [-0.3, -0.25) is 11.3 Å². The molecular weight excluding hydrogens is 263 g/mol. The highest BCUT2D eigenvalue weighted by atomic mass is 19.1. The van der Waals surface area contributed by atoms with Crippen molar-refractivity contribution in [2.75, 3.05) is 0 Å². The Bertz CT molecular complexity index is 488. The lowest BCUT2D eigenvalue weighted by molar-refractivity contribution is 0.109. The minimum Gasteiger partial charge on any atom is -0.271 e. The van der Waals surface area contributed by atoms with Crippen LogP contribution in [0.5, 0.6) is 0 Å². The van der Waals surface area contributed by atoms with Crippen LogP contribution in [0.3, 0.4) is 0 Å². The molecule has 1 aromatic rings. The summed E-state index contributed by atoms with van der Waals surface area (Å²) < 4.78 is 13.6. The maximum absolute atomic E-state index is 13.6. The van der Waals surface area contributed by atoms with Gasteiger partial charge in [-0.05, 0) is 67.2 Å². The molecule has 0 bridgehead atoms. The first kappa shape index (κ1) is 15.0. The fourth-order valence-electron chi connectivity index (χ4n) is 4.64. The first-order chi connectivity index (χ1) is 10.2. The lowest BCUT2D eigenvalue weighted by Crippen LogP contribution is -2.38. The second kappa shape index (κ2) is 6.45. The molecule has 0 spiro atoms. The number of rotatable bonds is 3. The first-order valence-corrected chi connectivity index (χ1v) is 8.41. The molecule has 3 heteroatoms. The maximum Gasteiger partial charge on any atom is 0.123 e. The van der Waals surface area contributed by atoms with E-state index >= 15 is 0 Å². The molecule has 0 aromatic heterocycles. The van der Waals surface area contributed by atoms with Gasteiger partial charge in [-0.2, -0.15) is 0 Å². The number of hydrazine groups is 1. The van der Waals surface area contributed by atoms with Gasteiger partial charge >= 0.3 is 0 Å². The average molecular weight is 290 g/mol. The highest BCUT2D eigenvalue weighted by Crippen LogP contribution is 2.46. The highest BCUT2D eigenvalue weighted by Gasteiger charge is 2.36. The van der Waals surface area contributed by atoms with Crippen LogP contribution in [0.15, 0.2) is 18.2 Å². The van der Waals surface area contributed by atoms with Gasteiger partial charge in [0.25, 0.3) is 0 Å². The van der Waals surface area contributed by atoms with E-state index in [1.54, 1.807) is 6.07 Å². The topological polar surface area (TPSA) is 38.0 Å². The van der Waals surface area contributed by atoms with Crippen molar-refractivity contribution in [1.29, 1.82) is 0 Å². The van der Waals surface area contributed by atoms with Gasteiger partial charge in [-0.25, -0.2) is 4.39 Å². The Morgan fingerprint density at radius 3 is 2.67 bits per heavy atom. The second-order valence-corrected chi connectivity index (χ2v) is 7.02. The van der Waals surface area contributed by atoms with E-state index in [9.17, 15) is 4.39 Å².